The second kappa shape index (κ2) is 9.57. The van der Waals surface area contributed by atoms with Crippen LogP contribution in [0.5, 0.6) is 0 Å². The molecule has 0 fully saturated rings. The highest BCUT2D eigenvalue weighted by Crippen LogP contribution is 2.25. The first-order chi connectivity index (χ1) is 17.8. The van der Waals surface area contributed by atoms with Gasteiger partial charge in [0.15, 0.2) is 5.82 Å². The van der Waals surface area contributed by atoms with E-state index in [4.69, 9.17) is 5.10 Å². The molecule has 0 saturated carbocycles. The lowest BCUT2D eigenvalue weighted by Crippen LogP contribution is -2.34. The average Bonchev–Trinajstić information content (AvgIpc) is 3.55. The van der Waals surface area contributed by atoms with E-state index in [1.54, 1.807) is 42.8 Å². The molecule has 0 bridgehead atoms. The molecule has 186 valence electrons. The first-order valence-electron chi connectivity index (χ1n) is 11.7. The number of carbonyl (C=O) groups is 2. The number of benzene rings is 2. The zero-order valence-electron chi connectivity index (χ0n) is 20.5. The van der Waals surface area contributed by atoms with Gasteiger partial charge in [-0.2, -0.15) is 10.2 Å². The molecule has 0 spiro atoms. The van der Waals surface area contributed by atoms with Crippen molar-refractivity contribution in [3.8, 4) is 11.5 Å². The van der Waals surface area contributed by atoms with Gasteiger partial charge in [0, 0.05) is 30.7 Å². The van der Waals surface area contributed by atoms with Gasteiger partial charge in [-0.25, -0.2) is 9.36 Å². The molecule has 37 heavy (non-hydrogen) atoms. The number of amides is 2. The first kappa shape index (κ1) is 23.7. The standard InChI is InChI=1S/C27H25N7O3/c1-17-24-23(26(32-15-7-8-16-32)34(31-24)22-9-5-4-6-10-22)27(37)33(30-17)18(2)25(36)29-21-13-11-20(12-14-21)28-19(3)35/h4-16,18H,1-3H3,(H,28,35)(H,29,36)/t18-/m0/s1. The summed E-state index contributed by atoms with van der Waals surface area (Å²) < 4.78 is 4.74. The van der Waals surface area contributed by atoms with Gasteiger partial charge >= 0.3 is 0 Å². The van der Waals surface area contributed by atoms with Gasteiger partial charge in [-0.15, -0.1) is 0 Å². The summed E-state index contributed by atoms with van der Waals surface area (Å²) in [5.74, 6) is -0.0216. The smallest absolute Gasteiger partial charge is 0.280 e. The maximum atomic E-state index is 13.8. The van der Waals surface area contributed by atoms with Crippen molar-refractivity contribution in [2.24, 2.45) is 0 Å². The maximum Gasteiger partial charge on any atom is 0.280 e. The minimum Gasteiger partial charge on any atom is -0.326 e. The highest BCUT2D eigenvalue weighted by atomic mass is 16.2. The molecule has 3 heterocycles. The van der Waals surface area contributed by atoms with E-state index in [1.807, 2.05) is 59.4 Å². The van der Waals surface area contributed by atoms with E-state index in [0.29, 0.717) is 33.8 Å². The second-order valence-corrected chi connectivity index (χ2v) is 8.64. The molecule has 2 aromatic carbocycles. The molecule has 5 aromatic rings. The number of nitrogens with one attached hydrogen (secondary N) is 2. The molecular weight excluding hydrogens is 470 g/mol. The van der Waals surface area contributed by atoms with Crippen LogP contribution >= 0.6 is 0 Å². The number of rotatable bonds is 6. The third-order valence-corrected chi connectivity index (χ3v) is 5.95. The quantitative estimate of drug-likeness (QED) is 0.371. The fraction of sp³-hybridized carbons (Fsp3) is 0.148. The SMILES string of the molecule is CC(=O)Nc1ccc(NC(=O)[C@H](C)n2nc(C)c3nn(-c4ccccc4)c(-n4cccc4)c3c2=O)cc1. The summed E-state index contributed by atoms with van der Waals surface area (Å²) in [6, 6.07) is 19.1. The number of anilines is 2. The number of nitrogens with zero attached hydrogens (tertiary/aromatic N) is 5. The van der Waals surface area contributed by atoms with Crippen molar-refractivity contribution in [3.63, 3.8) is 0 Å². The van der Waals surface area contributed by atoms with Crippen molar-refractivity contribution in [1.29, 1.82) is 0 Å². The number of aryl methyl sites for hydroxylation is 1. The van der Waals surface area contributed by atoms with Gasteiger partial charge < -0.3 is 15.2 Å². The zero-order valence-corrected chi connectivity index (χ0v) is 20.5. The van der Waals surface area contributed by atoms with Crippen molar-refractivity contribution in [1.82, 2.24) is 24.1 Å². The highest BCUT2D eigenvalue weighted by Gasteiger charge is 2.25. The average molecular weight is 496 g/mol. The highest BCUT2D eigenvalue weighted by molar-refractivity contribution is 5.95. The van der Waals surface area contributed by atoms with Crippen LogP contribution in [0.3, 0.4) is 0 Å². The van der Waals surface area contributed by atoms with E-state index in [2.05, 4.69) is 15.7 Å². The molecule has 2 amide bonds. The van der Waals surface area contributed by atoms with E-state index in [1.165, 1.54) is 11.6 Å². The third-order valence-electron chi connectivity index (χ3n) is 5.95. The van der Waals surface area contributed by atoms with Crippen LogP contribution in [0, 0.1) is 6.92 Å². The normalized spacial score (nSPS) is 11.9. The van der Waals surface area contributed by atoms with Crippen LogP contribution in [-0.4, -0.2) is 35.9 Å². The Morgan fingerprint density at radius 2 is 1.49 bits per heavy atom. The Labute approximate surface area is 212 Å². The van der Waals surface area contributed by atoms with Crippen LogP contribution < -0.4 is 16.2 Å². The number of fused-ring (bicyclic) bond motifs is 1. The molecule has 5 rings (SSSR count). The number of carbonyl (C=O) groups excluding carboxylic acids is 2. The fourth-order valence-corrected chi connectivity index (χ4v) is 4.15. The summed E-state index contributed by atoms with van der Waals surface area (Å²) >= 11 is 0. The van der Waals surface area contributed by atoms with E-state index in [0.717, 1.165) is 5.69 Å². The topological polar surface area (TPSA) is 116 Å². The predicted octanol–water partition coefficient (Wildman–Crippen LogP) is 3.84. The lowest BCUT2D eigenvalue weighted by Gasteiger charge is -2.15. The van der Waals surface area contributed by atoms with Crippen LogP contribution in [0.1, 0.15) is 25.6 Å². The van der Waals surface area contributed by atoms with Crippen molar-refractivity contribution < 1.29 is 9.59 Å². The second-order valence-electron chi connectivity index (χ2n) is 8.64. The van der Waals surface area contributed by atoms with Crippen LogP contribution in [0.2, 0.25) is 0 Å². The Hall–Kier alpha value is -4.99. The molecule has 1 atom stereocenters. The lowest BCUT2D eigenvalue weighted by atomic mass is 10.2. The van der Waals surface area contributed by atoms with E-state index < -0.39 is 17.5 Å². The number of para-hydroxylation sites is 1. The molecule has 10 nitrogen and oxygen atoms in total. The van der Waals surface area contributed by atoms with Crippen LogP contribution in [0.4, 0.5) is 11.4 Å². The van der Waals surface area contributed by atoms with Gasteiger partial charge in [0.2, 0.25) is 11.8 Å². The molecule has 0 aliphatic heterocycles. The van der Waals surface area contributed by atoms with Crippen molar-refractivity contribution >= 4 is 34.1 Å². The molecule has 0 unspecified atom stereocenters. The van der Waals surface area contributed by atoms with Gasteiger partial charge in [-0.05, 0) is 62.4 Å². The van der Waals surface area contributed by atoms with Gasteiger partial charge in [0.1, 0.15) is 16.9 Å². The van der Waals surface area contributed by atoms with Gasteiger partial charge in [0.25, 0.3) is 5.56 Å². The Morgan fingerprint density at radius 3 is 2.11 bits per heavy atom. The molecule has 2 N–H and O–H groups in total. The fourth-order valence-electron chi connectivity index (χ4n) is 4.15. The minimum absolute atomic E-state index is 0.184. The predicted molar refractivity (Wildman–Crippen MR) is 141 cm³/mol. The Bertz CT molecular complexity index is 1650. The van der Waals surface area contributed by atoms with Gasteiger partial charge in [0.05, 0.1) is 11.4 Å². The maximum absolute atomic E-state index is 13.8. The molecule has 10 heteroatoms. The Balaban J connectivity index is 1.56. The zero-order chi connectivity index (χ0) is 26.1. The van der Waals surface area contributed by atoms with Crippen molar-refractivity contribution in [3.05, 3.63) is 95.2 Å². The monoisotopic (exact) mass is 495 g/mol. The van der Waals surface area contributed by atoms with Crippen molar-refractivity contribution in [2.45, 2.75) is 26.8 Å². The molecule has 0 aliphatic rings. The number of aromatic nitrogens is 5. The molecule has 0 saturated heterocycles. The summed E-state index contributed by atoms with van der Waals surface area (Å²) in [5.41, 5.74) is 2.51. The minimum atomic E-state index is -0.900. The third kappa shape index (κ3) is 4.52. The van der Waals surface area contributed by atoms with Crippen LogP contribution in [0.15, 0.2) is 83.9 Å². The van der Waals surface area contributed by atoms with Gasteiger partial charge in [-0.3, -0.25) is 14.4 Å². The van der Waals surface area contributed by atoms with E-state index in [-0.39, 0.29) is 5.91 Å². The molecule has 0 radical (unpaired) electrons. The molecule has 0 aliphatic carbocycles. The number of hydrogen-bond donors (Lipinski definition) is 2. The van der Waals surface area contributed by atoms with E-state index >= 15 is 0 Å². The van der Waals surface area contributed by atoms with Crippen molar-refractivity contribution in [2.75, 3.05) is 10.6 Å². The lowest BCUT2D eigenvalue weighted by molar-refractivity contribution is -0.119. The Morgan fingerprint density at radius 1 is 0.865 bits per heavy atom. The van der Waals surface area contributed by atoms with Gasteiger partial charge in [-0.1, -0.05) is 18.2 Å². The molecule has 3 aromatic heterocycles. The Kier molecular flexibility index (Phi) is 6.14. The largest absolute Gasteiger partial charge is 0.326 e. The van der Waals surface area contributed by atoms with Crippen LogP contribution in [-0.2, 0) is 9.59 Å². The first-order valence-corrected chi connectivity index (χ1v) is 11.7. The summed E-state index contributed by atoms with van der Waals surface area (Å²) in [6.07, 6.45) is 3.69. The summed E-state index contributed by atoms with van der Waals surface area (Å²) in [4.78, 5) is 38.1. The summed E-state index contributed by atoms with van der Waals surface area (Å²) in [5, 5.41) is 15.0. The summed E-state index contributed by atoms with van der Waals surface area (Å²) in [7, 11) is 0. The van der Waals surface area contributed by atoms with E-state index in [9.17, 15) is 14.4 Å². The number of hydrogen-bond acceptors (Lipinski definition) is 5. The van der Waals surface area contributed by atoms with Crippen LogP contribution in [0.25, 0.3) is 22.4 Å². The summed E-state index contributed by atoms with van der Waals surface area (Å²) in [6.45, 7) is 4.81. The molecular formula is C27H25N7O3.